The van der Waals surface area contributed by atoms with Crippen LogP contribution >= 0.6 is 0 Å². The number of hydrogen-bond donors (Lipinski definition) is 0. The predicted octanol–water partition coefficient (Wildman–Crippen LogP) is 5.46. The van der Waals surface area contributed by atoms with Gasteiger partial charge < -0.3 is 13.9 Å². The van der Waals surface area contributed by atoms with E-state index in [1.165, 1.54) is 0 Å². The van der Waals surface area contributed by atoms with Gasteiger partial charge in [-0.25, -0.2) is 0 Å². The highest BCUT2D eigenvalue weighted by Gasteiger charge is 2.54. The fraction of sp³-hybridized carbons (Fsp3) is 0.435. The van der Waals surface area contributed by atoms with Crippen LogP contribution in [0.5, 0.6) is 5.75 Å². The van der Waals surface area contributed by atoms with Crippen molar-refractivity contribution in [3.05, 3.63) is 65.7 Å². The molecular weight excluding hydrogens is 368 g/mol. The molecule has 28 heavy (non-hydrogen) atoms. The van der Waals surface area contributed by atoms with E-state index in [2.05, 4.69) is 31.8 Å². The van der Waals surface area contributed by atoms with Crippen molar-refractivity contribution in [3.8, 4) is 5.75 Å². The van der Waals surface area contributed by atoms with Gasteiger partial charge in [0.1, 0.15) is 17.5 Å². The number of hydrogen-bond acceptors (Lipinski definition) is 4. The van der Waals surface area contributed by atoms with Gasteiger partial charge in [-0.05, 0) is 52.0 Å². The maximum Gasteiger partial charge on any atom is 0.316 e. The van der Waals surface area contributed by atoms with Gasteiger partial charge in [0, 0.05) is 5.56 Å². The van der Waals surface area contributed by atoms with Gasteiger partial charge in [0.25, 0.3) is 0 Å². The maximum atomic E-state index is 12.5. The van der Waals surface area contributed by atoms with Gasteiger partial charge in [-0.15, -0.1) is 0 Å². The zero-order valence-electron chi connectivity index (χ0n) is 17.6. The van der Waals surface area contributed by atoms with Crippen LogP contribution in [0.3, 0.4) is 0 Å². The SMILES string of the molecule is CC(C)(C)C(=O)Oc1ccccc1[C@@H]1OC[C@@]1(O[Si](C)(C)C)c1ccccc1. The van der Waals surface area contributed by atoms with Gasteiger partial charge >= 0.3 is 5.97 Å². The lowest BCUT2D eigenvalue weighted by molar-refractivity contribution is -0.239. The van der Waals surface area contributed by atoms with E-state index in [0.717, 1.165) is 11.1 Å². The molecule has 150 valence electrons. The minimum Gasteiger partial charge on any atom is -0.426 e. The Labute approximate surface area is 169 Å². The highest BCUT2D eigenvalue weighted by molar-refractivity contribution is 6.69. The molecule has 1 aliphatic heterocycles. The fourth-order valence-electron chi connectivity index (χ4n) is 3.35. The van der Waals surface area contributed by atoms with Crippen molar-refractivity contribution >= 4 is 14.3 Å². The molecule has 1 aliphatic rings. The van der Waals surface area contributed by atoms with Crippen molar-refractivity contribution in [3.63, 3.8) is 0 Å². The monoisotopic (exact) mass is 398 g/mol. The lowest BCUT2D eigenvalue weighted by atomic mass is 9.80. The van der Waals surface area contributed by atoms with Crippen molar-refractivity contribution in [2.75, 3.05) is 6.61 Å². The summed E-state index contributed by atoms with van der Waals surface area (Å²) in [6.07, 6.45) is -0.328. The summed E-state index contributed by atoms with van der Waals surface area (Å²) in [6.45, 7) is 12.6. The Bertz CT molecular complexity index is 836. The molecule has 0 saturated carbocycles. The van der Waals surface area contributed by atoms with E-state index in [4.69, 9.17) is 13.9 Å². The normalized spacial score (nSPS) is 22.4. The first-order valence-corrected chi connectivity index (χ1v) is 13.1. The van der Waals surface area contributed by atoms with Crippen molar-refractivity contribution in [1.82, 2.24) is 0 Å². The van der Waals surface area contributed by atoms with E-state index < -0.39 is 19.3 Å². The molecular formula is C23H30O4Si. The molecule has 5 heteroatoms. The molecule has 4 nitrogen and oxygen atoms in total. The summed E-state index contributed by atoms with van der Waals surface area (Å²) in [7, 11) is -1.89. The topological polar surface area (TPSA) is 44.8 Å². The van der Waals surface area contributed by atoms with E-state index in [1.54, 1.807) is 0 Å². The average Bonchev–Trinajstić information content (AvgIpc) is 2.59. The molecule has 0 radical (unpaired) electrons. The predicted molar refractivity (Wildman–Crippen MR) is 113 cm³/mol. The number of carbonyl (C=O) groups is 1. The van der Waals surface area contributed by atoms with Crippen LogP contribution in [-0.2, 0) is 19.6 Å². The number of ether oxygens (including phenoxy) is 2. The minimum atomic E-state index is -1.89. The van der Waals surface area contributed by atoms with Gasteiger partial charge in [-0.2, -0.15) is 0 Å². The van der Waals surface area contributed by atoms with Crippen LogP contribution in [0.4, 0.5) is 0 Å². The standard InChI is InChI=1S/C23H30O4Si/c1-22(2,3)21(24)26-19-15-11-10-14-18(19)20-23(16-25-20,27-28(4,5)6)17-12-8-7-9-13-17/h7-15,20H,16H2,1-6H3/t20-,23+/m0/s1. The number of rotatable bonds is 5. The highest BCUT2D eigenvalue weighted by Crippen LogP contribution is 2.52. The Balaban J connectivity index is 2.02. The smallest absolute Gasteiger partial charge is 0.316 e. The van der Waals surface area contributed by atoms with Crippen LogP contribution < -0.4 is 4.74 Å². The van der Waals surface area contributed by atoms with Crippen molar-refractivity contribution in [1.29, 1.82) is 0 Å². The lowest BCUT2D eigenvalue weighted by Crippen LogP contribution is -2.56. The van der Waals surface area contributed by atoms with Crippen LogP contribution in [0.15, 0.2) is 54.6 Å². The third-order valence-corrected chi connectivity index (χ3v) is 5.63. The summed E-state index contributed by atoms with van der Waals surface area (Å²) in [6, 6.07) is 17.8. The molecule has 2 atom stereocenters. The fourth-order valence-corrected chi connectivity index (χ4v) is 4.72. The Kier molecular flexibility index (Phi) is 5.54. The summed E-state index contributed by atoms with van der Waals surface area (Å²) in [5.41, 5.74) is 0.772. The van der Waals surface area contributed by atoms with Gasteiger partial charge in [0.15, 0.2) is 8.32 Å². The molecule has 0 N–H and O–H groups in total. The molecule has 2 aromatic rings. The van der Waals surface area contributed by atoms with Gasteiger partial charge in [-0.1, -0.05) is 48.5 Å². The molecule has 1 fully saturated rings. The van der Waals surface area contributed by atoms with Crippen LogP contribution in [0.2, 0.25) is 19.6 Å². The van der Waals surface area contributed by atoms with Crippen molar-refractivity contribution in [2.24, 2.45) is 5.41 Å². The van der Waals surface area contributed by atoms with Crippen LogP contribution in [0.25, 0.3) is 0 Å². The summed E-state index contributed by atoms with van der Waals surface area (Å²) in [5, 5.41) is 0. The second-order valence-corrected chi connectivity index (χ2v) is 13.8. The summed E-state index contributed by atoms with van der Waals surface area (Å²) >= 11 is 0. The third kappa shape index (κ3) is 4.22. The summed E-state index contributed by atoms with van der Waals surface area (Å²) in [4.78, 5) is 12.5. The number of carbonyl (C=O) groups excluding carboxylic acids is 1. The average molecular weight is 399 g/mol. The molecule has 0 bridgehead atoms. The second-order valence-electron chi connectivity index (χ2n) is 9.34. The number of para-hydroxylation sites is 1. The van der Waals surface area contributed by atoms with Crippen molar-refractivity contribution < 1.29 is 18.7 Å². The largest absolute Gasteiger partial charge is 0.426 e. The Morgan fingerprint density at radius 3 is 2.18 bits per heavy atom. The lowest BCUT2D eigenvalue weighted by Gasteiger charge is -2.52. The van der Waals surface area contributed by atoms with Gasteiger partial charge in [-0.3, -0.25) is 4.79 Å². The molecule has 3 rings (SSSR count). The highest BCUT2D eigenvalue weighted by atomic mass is 28.4. The quantitative estimate of drug-likeness (QED) is 0.381. The first-order valence-electron chi connectivity index (χ1n) is 9.71. The Morgan fingerprint density at radius 2 is 1.64 bits per heavy atom. The van der Waals surface area contributed by atoms with E-state index in [1.807, 2.05) is 63.2 Å². The molecule has 0 amide bonds. The second kappa shape index (κ2) is 7.47. The van der Waals surface area contributed by atoms with Crippen molar-refractivity contribution in [2.45, 2.75) is 52.1 Å². The molecule has 0 unspecified atom stereocenters. The molecule has 1 saturated heterocycles. The van der Waals surface area contributed by atoms with E-state index in [0.29, 0.717) is 12.4 Å². The molecule has 0 aliphatic carbocycles. The molecule has 0 spiro atoms. The zero-order valence-corrected chi connectivity index (χ0v) is 18.6. The number of benzene rings is 2. The molecule has 0 aromatic heterocycles. The van der Waals surface area contributed by atoms with E-state index in [9.17, 15) is 4.79 Å². The maximum absolute atomic E-state index is 12.5. The Morgan fingerprint density at radius 1 is 1.04 bits per heavy atom. The first kappa shape index (κ1) is 20.8. The zero-order chi connectivity index (χ0) is 20.6. The van der Waals surface area contributed by atoms with E-state index >= 15 is 0 Å². The molecule has 1 heterocycles. The van der Waals surface area contributed by atoms with Gasteiger partial charge in [0.2, 0.25) is 0 Å². The van der Waals surface area contributed by atoms with Crippen LogP contribution in [-0.4, -0.2) is 20.9 Å². The van der Waals surface area contributed by atoms with E-state index in [-0.39, 0.29) is 12.1 Å². The first-order chi connectivity index (χ1) is 13.0. The third-order valence-electron chi connectivity index (χ3n) is 4.66. The summed E-state index contributed by atoms with van der Waals surface area (Å²) < 4.78 is 18.5. The molecule has 2 aromatic carbocycles. The van der Waals surface area contributed by atoms with Gasteiger partial charge in [0.05, 0.1) is 12.0 Å². The summed E-state index contributed by atoms with van der Waals surface area (Å²) in [5.74, 6) is 0.266. The minimum absolute atomic E-state index is 0.268. The van der Waals surface area contributed by atoms with Crippen LogP contribution in [0.1, 0.15) is 38.0 Å². The Hall–Kier alpha value is -1.95. The number of esters is 1. The van der Waals surface area contributed by atoms with Crippen LogP contribution in [0, 0.1) is 5.41 Å².